The lowest BCUT2D eigenvalue weighted by molar-refractivity contribution is -0.136. The van der Waals surface area contributed by atoms with Crippen LogP contribution in [0.5, 0.6) is 0 Å². The number of carbonyl (C=O) groups is 2. The van der Waals surface area contributed by atoms with E-state index < -0.39 is 23.5 Å². The summed E-state index contributed by atoms with van der Waals surface area (Å²) in [6.45, 7) is 0. The molecular formula is C16H13F2N3O3. The van der Waals surface area contributed by atoms with Crippen molar-refractivity contribution in [2.45, 2.75) is 12.8 Å². The summed E-state index contributed by atoms with van der Waals surface area (Å²) in [5.41, 5.74) is 2.88. The number of benzene rings is 1. The molecule has 0 bridgehead atoms. The van der Waals surface area contributed by atoms with Crippen LogP contribution in [0.2, 0.25) is 0 Å². The summed E-state index contributed by atoms with van der Waals surface area (Å²) in [4.78, 5) is 26.5. The Morgan fingerprint density at radius 1 is 1.04 bits per heavy atom. The summed E-state index contributed by atoms with van der Waals surface area (Å²) in [6.07, 6.45) is 2.53. The summed E-state index contributed by atoms with van der Waals surface area (Å²) in [7, 11) is 0. The first-order valence-electron chi connectivity index (χ1n) is 6.91. The van der Waals surface area contributed by atoms with Crippen molar-refractivity contribution in [3.05, 3.63) is 65.5 Å². The number of rotatable bonds is 6. The van der Waals surface area contributed by atoms with Gasteiger partial charge in [0.05, 0.1) is 12.1 Å². The van der Waals surface area contributed by atoms with Crippen LogP contribution in [0, 0.1) is 11.6 Å². The number of amides is 1. The van der Waals surface area contributed by atoms with Gasteiger partial charge < -0.3 is 5.11 Å². The third-order valence-electron chi connectivity index (χ3n) is 3.06. The van der Waals surface area contributed by atoms with E-state index in [4.69, 9.17) is 5.11 Å². The molecule has 8 heteroatoms. The average Bonchev–Trinajstić information content (AvgIpc) is 2.58. The van der Waals surface area contributed by atoms with Gasteiger partial charge in [0.15, 0.2) is 11.6 Å². The van der Waals surface area contributed by atoms with E-state index in [2.05, 4.69) is 15.5 Å². The number of carbonyl (C=O) groups excluding carboxylic acids is 1. The molecule has 124 valence electrons. The predicted molar refractivity (Wildman–Crippen MR) is 81.5 cm³/mol. The zero-order valence-corrected chi connectivity index (χ0v) is 12.4. The summed E-state index contributed by atoms with van der Waals surface area (Å²) in [5.74, 6) is -3.73. The number of nitrogens with zero attached hydrogens (tertiary/aromatic N) is 2. The fourth-order valence-corrected chi connectivity index (χ4v) is 1.85. The maximum absolute atomic E-state index is 13.4. The van der Waals surface area contributed by atoms with E-state index in [1.54, 1.807) is 0 Å². The molecule has 1 aromatic heterocycles. The van der Waals surface area contributed by atoms with Crippen LogP contribution in [0.25, 0.3) is 0 Å². The Hall–Kier alpha value is -3.16. The van der Waals surface area contributed by atoms with Crippen molar-refractivity contribution in [2.24, 2.45) is 5.10 Å². The molecule has 0 saturated carbocycles. The van der Waals surface area contributed by atoms with Crippen molar-refractivity contribution in [3.63, 3.8) is 0 Å². The molecule has 2 N–H and O–H groups in total. The first-order chi connectivity index (χ1) is 11.5. The van der Waals surface area contributed by atoms with Crippen LogP contribution in [-0.2, 0) is 4.79 Å². The van der Waals surface area contributed by atoms with Crippen molar-refractivity contribution in [1.29, 1.82) is 0 Å². The number of nitrogens with one attached hydrogen (secondary N) is 1. The molecule has 0 radical (unpaired) electrons. The highest BCUT2D eigenvalue weighted by Crippen LogP contribution is 2.12. The maximum atomic E-state index is 13.4. The lowest BCUT2D eigenvalue weighted by Gasteiger charge is -2.07. The van der Waals surface area contributed by atoms with Crippen molar-refractivity contribution in [1.82, 2.24) is 10.4 Å². The molecule has 2 aromatic rings. The largest absolute Gasteiger partial charge is 0.481 e. The van der Waals surface area contributed by atoms with E-state index in [1.807, 2.05) is 0 Å². The Morgan fingerprint density at radius 3 is 2.38 bits per heavy atom. The number of hydrogen-bond donors (Lipinski definition) is 2. The van der Waals surface area contributed by atoms with Gasteiger partial charge in [-0.05, 0) is 30.3 Å². The highest BCUT2D eigenvalue weighted by atomic mass is 19.2. The molecule has 1 aromatic carbocycles. The van der Waals surface area contributed by atoms with Crippen molar-refractivity contribution < 1.29 is 23.5 Å². The smallest absolute Gasteiger partial charge is 0.303 e. The summed E-state index contributed by atoms with van der Waals surface area (Å²) >= 11 is 0. The standard InChI is InChI=1S/C16H13F2N3O3/c17-12-2-1-11(9-13(12)18)14(3-4-15(22)23)20-21-16(24)10-5-7-19-8-6-10/h1-2,5-9H,3-4H2,(H,21,24)(H,22,23)/b20-14+. The molecule has 0 atom stereocenters. The van der Waals surface area contributed by atoms with Crippen LogP contribution < -0.4 is 5.43 Å². The van der Waals surface area contributed by atoms with Gasteiger partial charge in [-0.1, -0.05) is 0 Å². The first kappa shape index (κ1) is 17.2. The zero-order valence-electron chi connectivity index (χ0n) is 12.4. The number of halogens is 2. The lowest BCUT2D eigenvalue weighted by Crippen LogP contribution is -2.20. The SMILES string of the molecule is O=C(O)CC/C(=N\NC(=O)c1ccncc1)c1ccc(F)c(F)c1. The zero-order chi connectivity index (χ0) is 17.5. The molecule has 0 unspecified atom stereocenters. The molecule has 24 heavy (non-hydrogen) atoms. The first-order valence-corrected chi connectivity index (χ1v) is 6.91. The van der Waals surface area contributed by atoms with Crippen LogP contribution in [-0.4, -0.2) is 27.7 Å². The molecule has 0 spiro atoms. The summed E-state index contributed by atoms with van der Waals surface area (Å²) < 4.78 is 26.4. The number of hydrazone groups is 1. The highest BCUT2D eigenvalue weighted by molar-refractivity contribution is 6.03. The highest BCUT2D eigenvalue weighted by Gasteiger charge is 2.12. The molecular weight excluding hydrogens is 320 g/mol. The number of pyridine rings is 1. The third kappa shape index (κ3) is 4.67. The van der Waals surface area contributed by atoms with E-state index in [1.165, 1.54) is 30.6 Å². The minimum atomic E-state index is -1.09. The van der Waals surface area contributed by atoms with Gasteiger partial charge in [0.25, 0.3) is 5.91 Å². The number of carboxylic acids is 1. The van der Waals surface area contributed by atoms with E-state index >= 15 is 0 Å². The van der Waals surface area contributed by atoms with Crippen molar-refractivity contribution in [2.75, 3.05) is 0 Å². The van der Waals surface area contributed by atoms with Gasteiger partial charge in [0, 0.05) is 29.9 Å². The molecule has 0 aliphatic rings. The van der Waals surface area contributed by atoms with Gasteiger partial charge in [-0.25, -0.2) is 14.2 Å². The van der Waals surface area contributed by atoms with Gasteiger partial charge in [-0.3, -0.25) is 14.6 Å². The van der Waals surface area contributed by atoms with Crippen LogP contribution in [0.4, 0.5) is 8.78 Å². The number of carboxylic acid groups (broad SMARTS) is 1. The van der Waals surface area contributed by atoms with Crippen LogP contribution in [0.1, 0.15) is 28.8 Å². The van der Waals surface area contributed by atoms with Crippen LogP contribution >= 0.6 is 0 Å². The minimum Gasteiger partial charge on any atom is -0.481 e. The van der Waals surface area contributed by atoms with E-state index in [-0.39, 0.29) is 24.1 Å². The predicted octanol–water partition coefficient (Wildman–Crippen LogP) is 2.36. The lowest BCUT2D eigenvalue weighted by atomic mass is 10.1. The molecule has 0 saturated heterocycles. The molecule has 0 fully saturated rings. The number of aromatic nitrogens is 1. The van der Waals surface area contributed by atoms with Gasteiger partial charge >= 0.3 is 5.97 Å². The molecule has 2 rings (SSSR count). The maximum Gasteiger partial charge on any atom is 0.303 e. The topological polar surface area (TPSA) is 91.6 Å². The third-order valence-corrected chi connectivity index (χ3v) is 3.06. The Balaban J connectivity index is 2.23. The van der Waals surface area contributed by atoms with E-state index in [0.717, 1.165) is 12.1 Å². The Labute approximate surface area is 135 Å². The molecule has 1 amide bonds. The number of aliphatic carboxylic acids is 1. The van der Waals surface area contributed by atoms with Crippen molar-refractivity contribution >= 4 is 17.6 Å². The minimum absolute atomic E-state index is 0.0585. The van der Waals surface area contributed by atoms with E-state index in [9.17, 15) is 18.4 Å². The fourth-order valence-electron chi connectivity index (χ4n) is 1.85. The van der Waals surface area contributed by atoms with E-state index in [0.29, 0.717) is 5.56 Å². The molecule has 6 nitrogen and oxygen atoms in total. The van der Waals surface area contributed by atoms with Crippen LogP contribution in [0.3, 0.4) is 0 Å². The van der Waals surface area contributed by atoms with Gasteiger partial charge in [0.1, 0.15) is 0 Å². The van der Waals surface area contributed by atoms with Crippen LogP contribution in [0.15, 0.2) is 47.8 Å². The molecule has 1 heterocycles. The second kappa shape index (κ2) is 7.91. The second-order valence-electron chi connectivity index (χ2n) is 4.76. The summed E-state index contributed by atoms with van der Waals surface area (Å²) in [6, 6.07) is 6.01. The molecule has 0 aliphatic heterocycles. The average molecular weight is 333 g/mol. The number of hydrogen-bond acceptors (Lipinski definition) is 4. The molecule has 0 aliphatic carbocycles. The Bertz CT molecular complexity index is 779. The Morgan fingerprint density at radius 2 is 1.75 bits per heavy atom. The van der Waals surface area contributed by atoms with Gasteiger partial charge in [0.2, 0.25) is 0 Å². The fraction of sp³-hybridized carbons (Fsp3) is 0.125. The Kier molecular flexibility index (Phi) is 5.67. The van der Waals surface area contributed by atoms with Gasteiger partial charge in [-0.2, -0.15) is 5.10 Å². The normalized spacial score (nSPS) is 11.2. The second-order valence-corrected chi connectivity index (χ2v) is 4.76. The summed E-state index contributed by atoms with van der Waals surface area (Å²) in [5, 5.41) is 12.6. The monoisotopic (exact) mass is 333 g/mol. The van der Waals surface area contributed by atoms with Gasteiger partial charge in [-0.15, -0.1) is 0 Å². The quantitative estimate of drug-likeness (QED) is 0.627. The van der Waals surface area contributed by atoms with Crippen molar-refractivity contribution in [3.8, 4) is 0 Å².